The number of nitrogens with one attached hydrogen (secondary N) is 1. The van der Waals surface area contributed by atoms with Crippen LogP contribution in [0.15, 0.2) is 30.5 Å². The molecule has 0 saturated carbocycles. The molecule has 16 heavy (non-hydrogen) atoms. The molecule has 0 fully saturated rings. The highest BCUT2D eigenvalue weighted by atomic mass is 15.2. The Morgan fingerprint density at radius 2 is 2.12 bits per heavy atom. The van der Waals surface area contributed by atoms with Gasteiger partial charge in [-0.3, -0.25) is 0 Å². The molecule has 0 unspecified atom stereocenters. The van der Waals surface area contributed by atoms with E-state index < -0.39 is 0 Å². The van der Waals surface area contributed by atoms with Gasteiger partial charge in [0.1, 0.15) is 0 Å². The lowest BCUT2D eigenvalue weighted by atomic mass is 10.2. The molecule has 0 aliphatic rings. The molecule has 0 saturated heterocycles. The molecule has 0 amide bonds. The van der Waals surface area contributed by atoms with Crippen LogP contribution in [0.5, 0.6) is 0 Å². The fraction of sp³-hybridized carbons (Fsp3) is 0.308. The zero-order valence-corrected chi connectivity index (χ0v) is 9.99. The van der Waals surface area contributed by atoms with Gasteiger partial charge in [-0.05, 0) is 38.5 Å². The Balaban J connectivity index is 2.26. The van der Waals surface area contributed by atoms with E-state index in [2.05, 4.69) is 53.1 Å². The summed E-state index contributed by atoms with van der Waals surface area (Å²) in [6.45, 7) is 7.13. The summed E-state index contributed by atoms with van der Waals surface area (Å²) in [4.78, 5) is 4.46. The minimum absolute atomic E-state index is 0.908. The Hall–Kier alpha value is -1.77. The molecule has 2 aromatic rings. The Labute approximate surface area is 96.1 Å². The van der Waals surface area contributed by atoms with Crippen molar-refractivity contribution in [2.45, 2.75) is 27.3 Å². The molecule has 0 aliphatic carbocycles. The summed E-state index contributed by atoms with van der Waals surface area (Å²) in [6, 6.07) is 8.30. The van der Waals surface area contributed by atoms with Crippen LogP contribution in [0.25, 0.3) is 0 Å². The van der Waals surface area contributed by atoms with Crippen molar-refractivity contribution in [1.29, 1.82) is 0 Å². The summed E-state index contributed by atoms with van der Waals surface area (Å²) < 4.78 is 2.11. The van der Waals surface area contributed by atoms with Crippen molar-refractivity contribution in [3.63, 3.8) is 0 Å². The molecular weight excluding hydrogens is 198 g/mol. The number of benzene rings is 1. The van der Waals surface area contributed by atoms with E-state index in [9.17, 15) is 0 Å². The predicted molar refractivity (Wildman–Crippen MR) is 67.1 cm³/mol. The summed E-state index contributed by atoms with van der Waals surface area (Å²) in [5.41, 5.74) is 3.37. The van der Waals surface area contributed by atoms with Crippen molar-refractivity contribution >= 4 is 11.6 Å². The third kappa shape index (κ3) is 2.24. The zero-order valence-electron chi connectivity index (χ0n) is 9.99. The van der Waals surface area contributed by atoms with E-state index in [1.165, 1.54) is 5.56 Å². The van der Waals surface area contributed by atoms with Gasteiger partial charge in [0.15, 0.2) is 0 Å². The number of hydrogen-bond donors (Lipinski definition) is 1. The average molecular weight is 215 g/mol. The molecule has 1 aromatic heterocycles. The van der Waals surface area contributed by atoms with E-state index in [-0.39, 0.29) is 0 Å². The first-order chi connectivity index (χ1) is 7.69. The number of hydrogen-bond acceptors (Lipinski definition) is 2. The standard InChI is InChI=1S/C13H17N3/c1-4-16-9-11(3)14-13(16)15-12-7-5-6-10(2)8-12/h5-9H,4H2,1-3H3,(H,14,15). The van der Waals surface area contributed by atoms with Gasteiger partial charge in [-0.1, -0.05) is 12.1 Å². The van der Waals surface area contributed by atoms with Gasteiger partial charge in [-0.25, -0.2) is 4.98 Å². The SMILES string of the molecule is CCn1cc(C)nc1Nc1cccc(C)c1. The number of rotatable bonds is 3. The van der Waals surface area contributed by atoms with E-state index in [4.69, 9.17) is 0 Å². The van der Waals surface area contributed by atoms with Crippen LogP contribution in [0.3, 0.4) is 0 Å². The summed E-state index contributed by atoms with van der Waals surface area (Å²) in [5.74, 6) is 0.908. The summed E-state index contributed by atoms with van der Waals surface area (Å²) in [7, 11) is 0. The van der Waals surface area contributed by atoms with Gasteiger partial charge in [-0.2, -0.15) is 0 Å². The van der Waals surface area contributed by atoms with Crippen molar-refractivity contribution in [2.24, 2.45) is 0 Å². The van der Waals surface area contributed by atoms with Gasteiger partial charge in [0.05, 0.1) is 5.69 Å². The second-order valence-corrected chi connectivity index (χ2v) is 3.99. The Kier molecular flexibility index (Phi) is 2.95. The van der Waals surface area contributed by atoms with Crippen molar-refractivity contribution in [3.8, 4) is 0 Å². The lowest BCUT2D eigenvalue weighted by molar-refractivity contribution is 0.771. The van der Waals surface area contributed by atoms with Crippen molar-refractivity contribution < 1.29 is 0 Å². The number of nitrogens with zero attached hydrogens (tertiary/aromatic N) is 2. The van der Waals surface area contributed by atoms with Crippen LogP contribution < -0.4 is 5.32 Å². The minimum Gasteiger partial charge on any atom is -0.326 e. The fourth-order valence-corrected chi connectivity index (χ4v) is 1.74. The quantitative estimate of drug-likeness (QED) is 0.851. The van der Waals surface area contributed by atoms with Gasteiger partial charge in [0.2, 0.25) is 5.95 Å². The Bertz CT molecular complexity index is 486. The summed E-state index contributed by atoms with van der Waals surface area (Å²) in [5, 5.41) is 3.34. The summed E-state index contributed by atoms with van der Waals surface area (Å²) >= 11 is 0. The van der Waals surface area contributed by atoms with Gasteiger partial charge in [-0.15, -0.1) is 0 Å². The highest BCUT2D eigenvalue weighted by Crippen LogP contribution is 2.17. The lowest BCUT2D eigenvalue weighted by Gasteiger charge is -2.07. The molecule has 0 atom stereocenters. The number of aromatic nitrogens is 2. The van der Waals surface area contributed by atoms with E-state index in [1.54, 1.807) is 0 Å². The Morgan fingerprint density at radius 3 is 2.81 bits per heavy atom. The van der Waals surface area contributed by atoms with E-state index in [0.717, 1.165) is 23.9 Å². The minimum atomic E-state index is 0.908. The van der Waals surface area contributed by atoms with Crippen molar-refractivity contribution in [2.75, 3.05) is 5.32 Å². The second-order valence-electron chi connectivity index (χ2n) is 3.99. The number of imidazole rings is 1. The molecule has 84 valence electrons. The first-order valence-corrected chi connectivity index (χ1v) is 5.56. The van der Waals surface area contributed by atoms with Gasteiger partial charge in [0.25, 0.3) is 0 Å². The van der Waals surface area contributed by atoms with Crippen LogP contribution in [-0.2, 0) is 6.54 Å². The Morgan fingerprint density at radius 1 is 1.31 bits per heavy atom. The van der Waals surface area contributed by atoms with Crippen LogP contribution in [0.2, 0.25) is 0 Å². The largest absolute Gasteiger partial charge is 0.326 e. The maximum Gasteiger partial charge on any atom is 0.207 e. The van der Waals surface area contributed by atoms with E-state index in [1.807, 2.05) is 13.0 Å². The molecular formula is C13H17N3. The highest BCUT2D eigenvalue weighted by Gasteiger charge is 2.03. The van der Waals surface area contributed by atoms with Gasteiger partial charge < -0.3 is 9.88 Å². The first-order valence-electron chi connectivity index (χ1n) is 5.56. The van der Waals surface area contributed by atoms with Gasteiger partial charge in [0, 0.05) is 18.4 Å². The van der Waals surface area contributed by atoms with Crippen molar-refractivity contribution in [1.82, 2.24) is 9.55 Å². The molecule has 1 N–H and O–H groups in total. The average Bonchev–Trinajstić information content (AvgIpc) is 2.59. The predicted octanol–water partition coefficient (Wildman–Crippen LogP) is 3.26. The topological polar surface area (TPSA) is 29.9 Å². The first kappa shape index (κ1) is 10.7. The third-order valence-electron chi connectivity index (χ3n) is 2.51. The third-order valence-corrected chi connectivity index (χ3v) is 2.51. The number of aryl methyl sites for hydroxylation is 3. The summed E-state index contributed by atoms with van der Waals surface area (Å²) in [6.07, 6.45) is 2.05. The number of anilines is 2. The molecule has 0 spiro atoms. The van der Waals surface area contributed by atoms with Crippen LogP contribution in [0, 0.1) is 13.8 Å². The smallest absolute Gasteiger partial charge is 0.207 e. The molecule has 2 rings (SSSR count). The lowest BCUT2D eigenvalue weighted by Crippen LogP contribution is -2.01. The molecule has 0 aliphatic heterocycles. The van der Waals surface area contributed by atoms with Crippen LogP contribution >= 0.6 is 0 Å². The maximum absolute atomic E-state index is 4.46. The highest BCUT2D eigenvalue weighted by molar-refractivity contribution is 5.54. The molecule has 1 aromatic carbocycles. The van der Waals surface area contributed by atoms with Crippen LogP contribution in [-0.4, -0.2) is 9.55 Å². The molecule has 3 nitrogen and oxygen atoms in total. The van der Waals surface area contributed by atoms with Crippen LogP contribution in [0.1, 0.15) is 18.2 Å². The second kappa shape index (κ2) is 4.39. The van der Waals surface area contributed by atoms with Crippen LogP contribution in [0.4, 0.5) is 11.6 Å². The maximum atomic E-state index is 4.46. The fourth-order valence-electron chi connectivity index (χ4n) is 1.74. The monoisotopic (exact) mass is 215 g/mol. The molecule has 3 heteroatoms. The van der Waals surface area contributed by atoms with Gasteiger partial charge >= 0.3 is 0 Å². The van der Waals surface area contributed by atoms with E-state index >= 15 is 0 Å². The molecule has 0 radical (unpaired) electrons. The van der Waals surface area contributed by atoms with E-state index in [0.29, 0.717) is 0 Å². The molecule has 1 heterocycles. The zero-order chi connectivity index (χ0) is 11.5. The normalized spacial score (nSPS) is 10.4. The van der Waals surface area contributed by atoms with Crippen molar-refractivity contribution in [3.05, 3.63) is 41.7 Å². The molecule has 0 bridgehead atoms.